The summed E-state index contributed by atoms with van der Waals surface area (Å²) in [5.41, 5.74) is 2.99. The average molecular weight is 585 g/mol. The molecular formula is C29H30ClFN4O4S. The number of sulfone groups is 1. The summed E-state index contributed by atoms with van der Waals surface area (Å²) >= 11 is 6.47. The van der Waals surface area contributed by atoms with Crippen LogP contribution >= 0.6 is 11.6 Å². The lowest BCUT2D eigenvalue weighted by molar-refractivity contribution is 0.355. The fraction of sp³-hybridized carbons (Fsp3) is 0.241. The number of furan rings is 1. The molecule has 0 fully saturated rings. The Bertz CT molecular complexity index is 1660. The van der Waals surface area contributed by atoms with E-state index in [4.69, 9.17) is 20.8 Å². The van der Waals surface area contributed by atoms with Crippen LogP contribution < -0.4 is 15.4 Å². The highest BCUT2D eigenvalue weighted by Crippen LogP contribution is 2.32. The predicted octanol–water partition coefficient (Wildman–Crippen LogP) is 6.62. The van der Waals surface area contributed by atoms with Gasteiger partial charge < -0.3 is 19.8 Å². The van der Waals surface area contributed by atoms with E-state index < -0.39 is 9.84 Å². The van der Waals surface area contributed by atoms with Crippen LogP contribution in [0.2, 0.25) is 5.02 Å². The number of aromatic nitrogens is 2. The second kappa shape index (κ2) is 13.1. The molecule has 40 heavy (non-hydrogen) atoms. The quantitative estimate of drug-likeness (QED) is 0.141. The highest BCUT2D eigenvalue weighted by atomic mass is 35.5. The van der Waals surface area contributed by atoms with Crippen LogP contribution in [0.4, 0.5) is 15.9 Å². The molecule has 0 aliphatic rings. The summed E-state index contributed by atoms with van der Waals surface area (Å²) in [5, 5.41) is 7.56. The molecule has 8 nitrogen and oxygen atoms in total. The van der Waals surface area contributed by atoms with Crippen LogP contribution in [0, 0.1) is 0 Å². The number of halogens is 2. The average Bonchev–Trinajstić information content (AvgIpc) is 3.38. The highest BCUT2D eigenvalue weighted by Gasteiger charge is 2.11. The first-order valence-corrected chi connectivity index (χ1v) is 15.0. The number of hydrogen-bond acceptors (Lipinski definition) is 8. The van der Waals surface area contributed by atoms with Gasteiger partial charge >= 0.3 is 0 Å². The Balaban J connectivity index is 1.48. The van der Waals surface area contributed by atoms with E-state index in [1.807, 2.05) is 43.3 Å². The minimum absolute atomic E-state index is 0.0664. The second-order valence-corrected chi connectivity index (χ2v) is 11.8. The number of benzene rings is 2. The minimum Gasteiger partial charge on any atom is -0.487 e. The van der Waals surface area contributed by atoms with Crippen LogP contribution in [0.3, 0.4) is 0 Å². The minimum atomic E-state index is -3.02. The van der Waals surface area contributed by atoms with E-state index in [-0.39, 0.29) is 18.2 Å². The van der Waals surface area contributed by atoms with E-state index in [0.717, 1.165) is 16.5 Å². The first-order chi connectivity index (χ1) is 19.1. The maximum Gasteiger partial charge on any atom is 0.148 e. The number of nitrogens with zero attached hydrogens (tertiary/aromatic N) is 2. The Morgan fingerprint density at radius 2 is 1.98 bits per heavy atom. The van der Waals surface area contributed by atoms with Crippen molar-refractivity contribution in [3.63, 3.8) is 0 Å². The SMILES string of the molecule is CC=C(C=C(C)F)COc1ccc(Nc2ncnc3ccc(-c4ccc(CNCCS(C)(=O)=O)o4)cc23)cc1Cl. The zero-order chi connectivity index (χ0) is 28.7. The second-order valence-electron chi connectivity index (χ2n) is 9.18. The zero-order valence-corrected chi connectivity index (χ0v) is 23.9. The van der Waals surface area contributed by atoms with Crippen LogP contribution in [0.25, 0.3) is 22.2 Å². The Hall–Kier alpha value is -3.73. The van der Waals surface area contributed by atoms with Gasteiger partial charge in [0.25, 0.3) is 0 Å². The molecule has 0 saturated heterocycles. The molecule has 0 amide bonds. The van der Waals surface area contributed by atoms with E-state index in [2.05, 4.69) is 20.6 Å². The first kappa shape index (κ1) is 29.3. The van der Waals surface area contributed by atoms with Crippen molar-refractivity contribution in [2.45, 2.75) is 20.4 Å². The van der Waals surface area contributed by atoms with Gasteiger partial charge in [-0.05, 0) is 74.0 Å². The molecule has 0 aliphatic carbocycles. The van der Waals surface area contributed by atoms with Crippen molar-refractivity contribution in [1.29, 1.82) is 0 Å². The lowest BCUT2D eigenvalue weighted by atomic mass is 10.1. The first-order valence-electron chi connectivity index (χ1n) is 12.5. The van der Waals surface area contributed by atoms with Gasteiger partial charge in [-0.25, -0.2) is 22.8 Å². The van der Waals surface area contributed by atoms with Crippen LogP contribution in [0.5, 0.6) is 5.75 Å². The van der Waals surface area contributed by atoms with Crippen molar-refractivity contribution in [3.8, 4) is 17.1 Å². The smallest absolute Gasteiger partial charge is 0.148 e. The van der Waals surface area contributed by atoms with Crippen molar-refractivity contribution >= 4 is 43.8 Å². The third-order valence-corrected chi connectivity index (χ3v) is 7.12. The number of nitrogens with one attached hydrogen (secondary N) is 2. The Morgan fingerprint density at radius 3 is 2.70 bits per heavy atom. The van der Waals surface area contributed by atoms with Crippen molar-refractivity contribution in [2.75, 3.05) is 30.5 Å². The number of allylic oxidation sites excluding steroid dienone is 2. The monoisotopic (exact) mass is 584 g/mol. The number of rotatable bonds is 12. The van der Waals surface area contributed by atoms with Crippen molar-refractivity contribution in [3.05, 3.63) is 89.2 Å². The fourth-order valence-corrected chi connectivity index (χ4v) is 4.61. The third-order valence-electron chi connectivity index (χ3n) is 5.87. The van der Waals surface area contributed by atoms with E-state index >= 15 is 0 Å². The molecule has 4 aromatic rings. The molecule has 0 atom stereocenters. The van der Waals surface area contributed by atoms with Crippen LogP contribution in [-0.4, -0.2) is 43.5 Å². The van der Waals surface area contributed by atoms with E-state index in [1.54, 1.807) is 18.2 Å². The van der Waals surface area contributed by atoms with Crippen molar-refractivity contribution in [1.82, 2.24) is 15.3 Å². The lowest BCUT2D eigenvalue weighted by Crippen LogP contribution is -2.21. The highest BCUT2D eigenvalue weighted by molar-refractivity contribution is 7.90. The van der Waals surface area contributed by atoms with Gasteiger partial charge in [0.05, 0.1) is 28.7 Å². The maximum atomic E-state index is 13.2. The number of anilines is 2. The number of fused-ring (bicyclic) bond motifs is 1. The molecule has 0 saturated carbocycles. The standard InChI is InChI=1S/C29H30ClFN4O4S/c1-4-20(13-19(2)31)17-38-28-9-6-22(15-25(28)30)35-29-24-14-21(5-8-26(24)33-18-34-29)27-10-7-23(39-27)16-32-11-12-40(3,36)37/h4-10,13-15,18,32H,11-12,16-17H2,1-3H3,(H,33,34,35). The molecule has 2 N–H and O–H groups in total. The van der Waals surface area contributed by atoms with Gasteiger partial charge in [-0.15, -0.1) is 0 Å². The Morgan fingerprint density at radius 1 is 1.15 bits per heavy atom. The molecule has 210 valence electrons. The summed E-state index contributed by atoms with van der Waals surface area (Å²) in [5.74, 6) is 2.20. The van der Waals surface area contributed by atoms with Crippen molar-refractivity contribution < 1.29 is 22.0 Å². The van der Waals surface area contributed by atoms with Crippen LogP contribution in [0.15, 0.2) is 82.8 Å². The van der Waals surface area contributed by atoms with E-state index in [1.165, 1.54) is 25.6 Å². The van der Waals surface area contributed by atoms with Gasteiger partial charge in [0.1, 0.15) is 45.9 Å². The molecular weight excluding hydrogens is 555 g/mol. The molecule has 11 heteroatoms. The molecule has 0 radical (unpaired) electrons. The molecule has 2 aromatic carbocycles. The van der Waals surface area contributed by atoms with Gasteiger partial charge in [-0.2, -0.15) is 0 Å². The van der Waals surface area contributed by atoms with E-state index in [9.17, 15) is 12.8 Å². The van der Waals surface area contributed by atoms with Crippen LogP contribution in [-0.2, 0) is 16.4 Å². The largest absolute Gasteiger partial charge is 0.487 e. The summed E-state index contributed by atoms with van der Waals surface area (Å²) in [7, 11) is -3.02. The third kappa shape index (κ3) is 8.14. The van der Waals surface area contributed by atoms with Gasteiger partial charge in [-0.1, -0.05) is 17.7 Å². The van der Waals surface area contributed by atoms with E-state index in [0.29, 0.717) is 52.5 Å². The summed E-state index contributed by atoms with van der Waals surface area (Å²) in [4.78, 5) is 8.80. The molecule has 0 bridgehead atoms. The number of ether oxygens (including phenoxy) is 1. The maximum absolute atomic E-state index is 13.2. The van der Waals surface area contributed by atoms with Crippen molar-refractivity contribution in [2.24, 2.45) is 0 Å². The van der Waals surface area contributed by atoms with Gasteiger partial charge in [0, 0.05) is 29.4 Å². The molecule has 2 heterocycles. The Kier molecular flexibility index (Phi) is 9.57. The van der Waals surface area contributed by atoms with Gasteiger partial charge in [0.2, 0.25) is 0 Å². The lowest BCUT2D eigenvalue weighted by Gasteiger charge is -2.12. The van der Waals surface area contributed by atoms with Gasteiger partial charge in [0.15, 0.2) is 0 Å². The molecule has 0 aliphatic heterocycles. The fourth-order valence-electron chi connectivity index (χ4n) is 3.86. The van der Waals surface area contributed by atoms with Gasteiger partial charge in [-0.3, -0.25) is 0 Å². The topological polar surface area (TPSA) is 106 Å². The van der Waals surface area contributed by atoms with Crippen LogP contribution in [0.1, 0.15) is 19.6 Å². The Labute approximate surface area is 237 Å². The summed E-state index contributed by atoms with van der Waals surface area (Å²) in [6.45, 7) is 4.15. The number of hydrogen-bond donors (Lipinski definition) is 2. The predicted molar refractivity (Wildman–Crippen MR) is 158 cm³/mol. The summed E-state index contributed by atoms with van der Waals surface area (Å²) < 4.78 is 47.6. The molecule has 2 aromatic heterocycles. The molecule has 0 unspecified atom stereocenters. The zero-order valence-electron chi connectivity index (χ0n) is 22.4. The normalized spacial score (nSPS) is 12.6. The summed E-state index contributed by atoms with van der Waals surface area (Å²) in [6.07, 6.45) is 5.89. The molecule has 4 rings (SSSR count). The summed E-state index contributed by atoms with van der Waals surface area (Å²) in [6, 6.07) is 14.8. The molecule has 0 spiro atoms.